The molecule has 1 saturated carbocycles. The van der Waals surface area contributed by atoms with E-state index >= 15 is 0 Å². The maximum atomic E-state index is 11.9. The molecule has 0 aromatic heterocycles. The van der Waals surface area contributed by atoms with Crippen LogP contribution in [-0.4, -0.2) is 78.8 Å². The number of carbonyl (C=O) groups is 2. The smallest absolute Gasteiger partial charge is 0.323 e. The predicted molar refractivity (Wildman–Crippen MR) is 74.7 cm³/mol. The lowest BCUT2D eigenvalue weighted by Gasteiger charge is -2.27. The highest BCUT2D eigenvalue weighted by Crippen LogP contribution is 2.26. The molecular formula is C13H24N4O3. The summed E-state index contributed by atoms with van der Waals surface area (Å²) in [6.45, 7) is 5.55. The molecule has 0 aromatic rings. The third-order valence-corrected chi connectivity index (χ3v) is 3.69. The number of rotatable bonds is 7. The molecule has 1 saturated heterocycles. The summed E-state index contributed by atoms with van der Waals surface area (Å²) in [5.74, 6) is -0.951. The predicted octanol–water partition coefficient (Wildman–Crippen LogP) is -0.460. The van der Waals surface area contributed by atoms with E-state index in [0.717, 1.165) is 52.0 Å². The monoisotopic (exact) mass is 284 g/mol. The summed E-state index contributed by atoms with van der Waals surface area (Å²) in [7, 11) is 0. The number of nitrogens with one attached hydrogen (secondary N) is 2. The summed E-state index contributed by atoms with van der Waals surface area (Å²) in [6, 6.07) is -0.116. The molecular weight excluding hydrogens is 260 g/mol. The standard InChI is InChI=1S/C13H24N4O3/c18-12(19)10-17(11-2-3-11)13(20)15-4-1-7-16-8-5-14-6-9-16/h11,14H,1-10H2,(H,15,20)(H,18,19). The van der Waals surface area contributed by atoms with Gasteiger partial charge < -0.3 is 25.5 Å². The number of hydrogen-bond acceptors (Lipinski definition) is 4. The highest BCUT2D eigenvalue weighted by Gasteiger charge is 2.33. The van der Waals surface area contributed by atoms with Crippen molar-refractivity contribution < 1.29 is 14.7 Å². The fourth-order valence-corrected chi connectivity index (χ4v) is 2.43. The minimum absolute atomic E-state index is 0.124. The van der Waals surface area contributed by atoms with Crippen molar-refractivity contribution in [2.75, 3.05) is 45.8 Å². The summed E-state index contributed by atoms with van der Waals surface area (Å²) < 4.78 is 0. The number of carboxylic acids is 1. The lowest BCUT2D eigenvalue weighted by Crippen LogP contribution is -2.46. The summed E-state index contributed by atoms with van der Waals surface area (Å²) in [5, 5.41) is 14.9. The number of piperazine rings is 1. The highest BCUT2D eigenvalue weighted by molar-refractivity contribution is 5.80. The lowest BCUT2D eigenvalue weighted by atomic mass is 10.3. The maximum Gasteiger partial charge on any atom is 0.323 e. The van der Waals surface area contributed by atoms with Crippen LogP contribution in [0.1, 0.15) is 19.3 Å². The van der Waals surface area contributed by atoms with Crippen LogP contribution in [0.25, 0.3) is 0 Å². The molecule has 0 bridgehead atoms. The maximum absolute atomic E-state index is 11.9. The largest absolute Gasteiger partial charge is 0.480 e. The third-order valence-electron chi connectivity index (χ3n) is 3.69. The Kier molecular flexibility index (Phi) is 5.60. The van der Waals surface area contributed by atoms with Crippen molar-refractivity contribution in [1.29, 1.82) is 0 Å². The zero-order chi connectivity index (χ0) is 14.4. The average molecular weight is 284 g/mol. The number of nitrogens with zero attached hydrogens (tertiary/aromatic N) is 2. The van der Waals surface area contributed by atoms with Crippen LogP contribution in [0.3, 0.4) is 0 Å². The van der Waals surface area contributed by atoms with E-state index in [1.165, 1.54) is 4.90 Å². The Bertz CT molecular complexity index is 341. The van der Waals surface area contributed by atoms with Crippen LogP contribution in [-0.2, 0) is 4.79 Å². The zero-order valence-corrected chi connectivity index (χ0v) is 11.8. The van der Waals surface area contributed by atoms with E-state index < -0.39 is 5.97 Å². The van der Waals surface area contributed by atoms with Gasteiger partial charge in [0.05, 0.1) is 0 Å². The summed E-state index contributed by atoms with van der Waals surface area (Å²) in [5.41, 5.74) is 0. The van der Waals surface area contributed by atoms with Gasteiger partial charge in [-0.25, -0.2) is 4.79 Å². The van der Waals surface area contributed by atoms with Crippen LogP contribution in [0.2, 0.25) is 0 Å². The van der Waals surface area contributed by atoms with Gasteiger partial charge in [-0.2, -0.15) is 0 Å². The molecule has 0 atom stereocenters. The van der Waals surface area contributed by atoms with Crippen LogP contribution < -0.4 is 10.6 Å². The Labute approximate surface area is 119 Å². The molecule has 2 fully saturated rings. The second kappa shape index (κ2) is 7.44. The fraction of sp³-hybridized carbons (Fsp3) is 0.846. The van der Waals surface area contributed by atoms with Crippen molar-refractivity contribution in [2.45, 2.75) is 25.3 Å². The number of urea groups is 1. The van der Waals surface area contributed by atoms with E-state index in [4.69, 9.17) is 5.11 Å². The normalized spacial score (nSPS) is 19.6. The second-order valence-corrected chi connectivity index (χ2v) is 5.43. The molecule has 1 aliphatic heterocycles. The van der Waals surface area contributed by atoms with E-state index in [1.807, 2.05) is 0 Å². The molecule has 2 rings (SSSR count). The topological polar surface area (TPSA) is 84.9 Å². The van der Waals surface area contributed by atoms with Gasteiger partial charge in [-0.1, -0.05) is 0 Å². The van der Waals surface area contributed by atoms with Gasteiger partial charge in [-0.15, -0.1) is 0 Å². The molecule has 114 valence electrons. The van der Waals surface area contributed by atoms with E-state index in [9.17, 15) is 9.59 Å². The molecule has 2 amide bonds. The van der Waals surface area contributed by atoms with Crippen LogP contribution in [0.4, 0.5) is 4.79 Å². The van der Waals surface area contributed by atoms with Gasteiger partial charge in [0.15, 0.2) is 0 Å². The van der Waals surface area contributed by atoms with E-state index in [1.54, 1.807) is 0 Å². The molecule has 20 heavy (non-hydrogen) atoms. The molecule has 7 nitrogen and oxygen atoms in total. The van der Waals surface area contributed by atoms with Crippen LogP contribution in [0.5, 0.6) is 0 Å². The first kappa shape index (κ1) is 15.1. The van der Waals surface area contributed by atoms with Crippen molar-refractivity contribution >= 4 is 12.0 Å². The molecule has 1 aliphatic carbocycles. The highest BCUT2D eigenvalue weighted by atomic mass is 16.4. The average Bonchev–Trinajstić information content (AvgIpc) is 3.26. The second-order valence-electron chi connectivity index (χ2n) is 5.43. The van der Waals surface area contributed by atoms with Gasteiger partial charge in [-0.05, 0) is 25.8 Å². The summed E-state index contributed by atoms with van der Waals surface area (Å²) in [6.07, 6.45) is 2.74. The van der Waals surface area contributed by atoms with Crippen molar-refractivity contribution in [3.63, 3.8) is 0 Å². The fourth-order valence-electron chi connectivity index (χ4n) is 2.43. The summed E-state index contributed by atoms with van der Waals surface area (Å²) in [4.78, 5) is 26.5. The molecule has 0 radical (unpaired) electrons. The minimum Gasteiger partial charge on any atom is -0.480 e. The Morgan fingerprint density at radius 1 is 1.30 bits per heavy atom. The molecule has 0 unspecified atom stereocenters. The number of amides is 2. The third kappa shape index (κ3) is 4.97. The van der Waals surface area contributed by atoms with Crippen molar-refractivity contribution in [1.82, 2.24) is 20.4 Å². The first-order valence-electron chi connectivity index (χ1n) is 7.36. The van der Waals surface area contributed by atoms with Crippen molar-refractivity contribution in [3.8, 4) is 0 Å². The van der Waals surface area contributed by atoms with Gasteiger partial charge >= 0.3 is 12.0 Å². The molecule has 3 N–H and O–H groups in total. The first-order valence-corrected chi connectivity index (χ1v) is 7.36. The lowest BCUT2D eigenvalue weighted by molar-refractivity contribution is -0.137. The number of carboxylic acid groups (broad SMARTS) is 1. The van der Waals surface area contributed by atoms with Crippen LogP contribution in [0.15, 0.2) is 0 Å². The van der Waals surface area contributed by atoms with Crippen LogP contribution in [0, 0.1) is 0 Å². The minimum atomic E-state index is -0.951. The quantitative estimate of drug-likeness (QED) is 0.551. The van der Waals surface area contributed by atoms with E-state index in [-0.39, 0.29) is 18.6 Å². The Hall–Kier alpha value is -1.34. The van der Waals surface area contributed by atoms with Crippen molar-refractivity contribution in [3.05, 3.63) is 0 Å². The zero-order valence-electron chi connectivity index (χ0n) is 11.8. The van der Waals surface area contributed by atoms with Crippen LogP contribution >= 0.6 is 0 Å². The Morgan fingerprint density at radius 3 is 2.60 bits per heavy atom. The summed E-state index contributed by atoms with van der Waals surface area (Å²) >= 11 is 0. The van der Waals surface area contributed by atoms with Gasteiger partial charge in [0.1, 0.15) is 6.54 Å². The number of carbonyl (C=O) groups excluding carboxylic acids is 1. The van der Waals surface area contributed by atoms with Gasteiger partial charge in [-0.3, -0.25) is 4.79 Å². The Balaban J connectivity index is 1.61. The molecule has 7 heteroatoms. The van der Waals surface area contributed by atoms with E-state index in [0.29, 0.717) is 6.54 Å². The van der Waals surface area contributed by atoms with Gasteiger partial charge in [0.2, 0.25) is 0 Å². The van der Waals surface area contributed by atoms with Gasteiger partial charge in [0.25, 0.3) is 0 Å². The molecule has 0 aromatic carbocycles. The number of hydrogen-bond donors (Lipinski definition) is 3. The molecule has 2 aliphatic rings. The first-order chi connectivity index (χ1) is 9.66. The van der Waals surface area contributed by atoms with Crippen molar-refractivity contribution in [2.24, 2.45) is 0 Å². The number of aliphatic carboxylic acids is 1. The molecule has 1 heterocycles. The van der Waals surface area contributed by atoms with E-state index in [2.05, 4.69) is 15.5 Å². The molecule has 0 spiro atoms. The Morgan fingerprint density at radius 2 is 2.00 bits per heavy atom. The SMILES string of the molecule is O=C(O)CN(C(=O)NCCCN1CCNCC1)C1CC1. The van der Waals surface area contributed by atoms with Gasteiger partial charge in [0, 0.05) is 38.8 Å².